The Balaban J connectivity index is 2.88. The molecule has 166 valence electrons. The Morgan fingerprint density at radius 3 is 2.62 bits per heavy atom. The first-order chi connectivity index (χ1) is 13.6. The van der Waals surface area contributed by atoms with E-state index in [9.17, 15) is 23.7 Å². The molecule has 5 amide bonds. The number of amides is 5. The summed E-state index contributed by atoms with van der Waals surface area (Å²) < 4.78 is 12.3. The molecule has 1 rings (SSSR count). The first-order valence-electron chi connectivity index (χ1n) is 9.90. The molecule has 4 atom stereocenters. The fourth-order valence-corrected chi connectivity index (χ4v) is 3.86. The van der Waals surface area contributed by atoms with Crippen LogP contribution < -0.4 is 26.6 Å². The molecule has 0 saturated carbocycles. The Bertz CT molecular complexity index is 589. The highest BCUT2D eigenvalue weighted by Gasteiger charge is 2.32. The maximum absolute atomic E-state index is 12.8. The average Bonchev–Trinajstić information content (AvgIpc) is 2.63. The largest absolute Gasteiger partial charge is 0.616 e. The minimum atomic E-state index is -1.42. The van der Waals surface area contributed by atoms with Gasteiger partial charge in [-0.3, -0.25) is 14.4 Å². The summed E-state index contributed by atoms with van der Waals surface area (Å²) in [6.07, 6.45) is 0.700. The van der Waals surface area contributed by atoms with Gasteiger partial charge in [-0.1, -0.05) is 13.8 Å². The average molecular weight is 432 g/mol. The molecule has 0 radical (unpaired) electrons. The van der Waals surface area contributed by atoms with E-state index in [2.05, 4.69) is 26.6 Å². The second kappa shape index (κ2) is 12.5. The molecule has 1 unspecified atom stereocenters. The van der Waals surface area contributed by atoms with Crippen LogP contribution in [0.3, 0.4) is 0 Å². The van der Waals surface area contributed by atoms with E-state index in [1.165, 1.54) is 0 Å². The lowest BCUT2D eigenvalue weighted by molar-refractivity contribution is -0.130. The van der Waals surface area contributed by atoms with E-state index in [1.807, 2.05) is 0 Å². The molecule has 11 heteroatoms. The van der Waals surface area contributed by atoms with Crippen molar-refractivity contribution in [1.29, 1.82) is 0 Å². The van der Waals surface area contributed by atoms with Gasteiger partial charge in [0.05, 0.1) is 6.54 Å². The summed E-state index contributed by atoms with van der Waals surface area (Å²) in [6.45, 7) is 7.74. The molecule has 0 aromatic heterocycles. The van der Waals surface area contributed by atoms with Gasteiger partial charge < -0.3 is 31.1 Å². The van der Waals surface area contributed by atoms with Crippen LogP contribution in [-0.4, -0.2) is 71.0 Å². The number of carbonyl (C=O) groups excluding carboxylic acids is 4. The van der Waals surface area contributed by atoms with Crippen molar-refractivity contribution < 1.29 is 23.7 Å². The fourth-order valence-electron chi connectivity index (χ4n) is 2.76. The molecule has 5 N–H and O–H groups in total. The van der Waals surface area contributed by atoms with E-state index in [1.54, 1.807) is 27.7 Å². The van der Waals surface area contributed by atoms with Crippen molar-refractivity contribution in [3.8, 4) is 0 Å². The van der Waals surface area contributed by atoms with E-state index in [-0.39, 0.29) is 42.3 Å². The zero-order valence-electron chi connectivity index (χ0n) is 17.5. The highest BCUT2D eigenvalue weighted by molar-refractivity contribution is 7.91. The molecule has 29 heavy (non-hydrogen) atoms. The van der Waals surface area contributed by atoms with Gasteiger partial charge in [-0.15, -0.1) is 0 Å². The quantitative estimate of drug-likeness (QED) is 0.353. The molecule has 0 aromatic rings. The standard InChI is InChI=1S/C18H33N5O5S/c1-5-19-18(27)23-15(11(2)3)17(26)22-13-10-29(28)9-8-20-14(24)7-6-12(4)21-16(13)25/h11-13,15H,5-10H2,1-4H3,(H,20,24)(H,21,25)(H,22,26)(H2,19,23,27)/t12-,13-,15-,29?/m0/s1. The lowest BCUT2D eigenvalue weighted by Gasteiger charge is -2.27. The molecule has 1 saturated heterocycles. The van der Waals surface area contributed by atoms with Crippen molar-refractivity contribution in [3.63, 3.8) is 0 Å². The molecule has 1 aliphatic heterocycles. The highest BCUT2D eigenvalue weighted by atomic mass is 32.2. The Hall–Kier alpha value is -2.01. The molecule has 10 nitrogen and oxygen atoms in total. The number of urea groups is 1. The number of carbonyl (C=O) groups is 4. The van der Waals surface area contributed by atoms with Crippen LogP contribution in [-0.2, 0) is 25.6 Å². The van der Waals surface area contributed by atoms with Gasteiger partial charge in [-0.05, 0) is 37.4 Å². The normalized spacial score (nSPS) is 25.0. The van der Waals surface area contributed by atoms with E-state index in [0.717, 1.165) is 0 Å². The molecular weight excluding hydrogens is 398 g/mol. The van der Waals surface area contributed by atoms with Crippen molar-refractivity contribution in [3.05, 3.63) is 0 Å². The minimum Gasteiger partial charge on any atom is -0.616 e. The Morgan fingerprint density at radius 2 is 2.00 bits per heavy atom. The van der Waals surface area contributed by atoms with Gasteiger partial charge in [0.2, 0.25) is 17.7 Å². The van der Waals surface area contributed by atoms with Gasteiger partial charge in [0.15, 0.2) is 6.04 Å². The van der Waals surface area contributed by atoms with Crippen LogP contribution in [0.1, 0.15) is 40.5 Å². The molecular formula is C18H33N5O5S. The number of hydrogen-bond donors (Lipinski definition) is 5. The van der Waals surface area contributed by atoms with Crippen LogP contribution in [0.15, 0.2) is 0 Å². The molecule has 1 heterocycles. The Morgan fingerprint density at radius 1 is 1.31 bits per heavy atom. The molecule has 0 spiro atoms. The van der Waals surface area contributed by atoms with E-state index in [0.29, 0.717) is 13.0 Å². The Labute approximate surface area is 174 Å². The molecule has 0 bridgehead atoms. The summed E-state index contributed by atoms with van der Waals surface area (Å²) in [4.78, 5) is 48.9. The predicted molar refractivity (Wildman–Crippen MR) is 110 cm³/mol. The minimum absolute atomic E-state index is 0.0772. The zero-order valence-corrected chi connectivity index (χ0v) is 18.3. The van der Waals surface area contributed by atoms with Gasteiger partial charge in [-0.2, -0.15) is 0 Å². The van der Waals surface area contributed by atoms with Crippen molar-refractivity contribution in [2.45, 2.75) is 58.7 Å². The van der Waals surface area contributed by atoms with Crippen LogP contribution in [0, 0.1) is 5.92 Å². The summed E-state index contributed by atoms with van der Waals surface area (Å²) in [5.74, 6) is -1.23. The Kier molecular flexibility index (Phi) is 10.8. The number of hydrogen-bond acceptors (Lipinski definition) is 5. The van der Waals surface area contributed by atoms with Gasteiger partial charge in [0.1, 0.15) is 17.5 Å². The van der Waals surface area contributed by atoms with Crippen LogP contribution in [0.4, 0.5) is 4.79 Å². The second-order valence-electron chi connectivity index (χ2n) is 7.40. The first kappa shape index (κ1) is 25.0. The van der Waals surface area contributed by atoms with Gasteiger partial charge in [0.25, 0.3) is 0 Å². The highest BCUT2D eigenvalue weighted by Crippen LogP contribution is 2.06. The topological polar surface area (TPSA) is 151 Å². The van der Waals surface area contributed by atoms with Crippen molar-refractivity contribution in [2.24, 2.45) is 5.92 Å². The summed E-state index contributed by atoms with van der Waals surface area (Å²) in [5.41, 5.74) is 0. The summed E-state index contributed by atoms with van der Waals surface area (Å²) in [6, 6.07) is -2.61. The third-order valence-electron chi connectivity index (χ3n) is 4.40. The van der Waals surface area contributed by atoms with Crippen LogP contribution >= 0.6 is 0 Å². The van der Waals surface area contributed by atoms with Crippen molar-refractivity contribution in [1.82, 2.24) is 26.6 Å². The van der Waals surface area contributed by atoms with E-state index >= 15 is 0 Å². The molecule has 1 aliphatic rings. The van der Waals surface area contributed by atoms with Crippen LogP contribution in [0.5, 0.6) is 0 Å². The van der Waals surface area contributed by atoms with Crippen LogP contribution in [0.2, 0.25) is 0 Å². The summed E-state index contributed by atoms with van der Waals surface area (Å²) in [5, 5.41) is 13.3. The predicted octanol–water partition coefficient (Wildman–Crippen LogP) is -1.02. The maximum atomic E-state index is 12.8. The lowest BCUT2D eigenvalue weighted by Crippen LogP contribution is -2.59. The lowest BCUT2D eigenvalue weighted by atomic mass is 10.0. The number of rotatable bonds is 5. The van der Waals surface area contributed by atoms with Crippen molar-refractivity contribution in [2.75, 3.05) is 24.6 Å². The van der Waals surface area contributed by atoms with E-state index < -0.39 is 41.1 Å². The smallest absolute Gasteiger partial charge is 0.315 e. The van der Waals surface area contributed by atoms with Crippen molar-refractivity contribution >= 4 is 34.9 Å². The maximum Gasteiger partial charge on any atom is 0.315 e. The van der Waals surface area contributed by atoms with Gasteiger partial charge in [-0.25, -0.2) is 4.79 Å². The molecule has 0 aromatic carbocycles. The summed E-state index contributed by atoms with van der Waals surface area (Å²) >= 11 is -1.42. The number of nitrogens with one attached hydrogen (secondary N) is 5. The third-order valence-corrected chi connectivity index (χ3v) is 5.77. The molecule has 1 fully saturated rings. The second-order valence-corrected chi connectivity index (χ2v) is 9.02. The van der Waals surface area contributed by atoms with E-state index in [4.69, 9.17) is 0 Å². The SMILES string of the molecule is CCNC(=O)N[C@H](C(=O)N[C@H]1C[S+]([O-])CCNC(=O)CC[C@H](C)NC1=O)C(C)C. The third kappa shape index (κ3) is 9.35. The fraction of sp³-hybridized carbons (Fsp3) is 0.778. The molecule has 0 aliphatic carbocycles. The summed E-state index contributed by atoms with van der Waals surface area (Å²) in [7, 11) is 0. The van der Waals surface area contributed by atoms with Gasteiger partial charge >= 0.3 is 6.03 Å². The first-order valence-corrected chi connectivity index (χ1v) is 11.4. The van der Waals surface area contributed by atoms with Crippen LogP contribution in [0.25, 0.3) is 0 Å². The zero-order chi connectivity index (χ0) is 22.0. The van der Waals surface area contributed by atoms with Gasteiger partial charge in [0, 0.05) is 19.0 Å². The monoisotopic (exact) mass is 431 g/mol.